The molecule has 16 heavy (non-hydrogen) atoms. The van der Waals surface area contributed by atoms with Gasteiger partial charge in [0.15, 0.2) is 0 Å². The average Bonchev–Trinajstić information content (AvgIpc) is 2.77. The number of halogens is 1. The highest BCUT2D eigenvalue weighted by Gasteiger charge is 2.38. The van der Waals surface area contributed by atoms with E-state index in [0.717, 1.165) is 18.7 Å². The summed E-state index contributed by atoms with van der Waals surface area (Å²) in [4.78, 5) is 13.4. The van der Waals surface area contributed by atoms with Crippen molar-refractivity contribution < 1.29 is 4.79 Å². The van der Waals surface area contributed by atoms with Crippen LogP contribution in [0.5, 0.6) is 0 Å². The molecule has 1 aliphatic heterocycles. The largest absolute Gasteiger partial charge is 0.369 e. The molecule has 1 aromatic rings. The van der Waals surface area contributed by atoms with Crippen LogP contribution >= 0.6 is 23.1 Å². The standard InChI is InChI=1S/C9H13ClN4OS/c1-9(8(11)15)2-3-14(5-9)4-6-7(10)16-13-12-6/h2-5H2,1H3,(H2,11,15). The second kappa shape index (κ2) is 4.27. The minimum Gasteiger partial charge on any atom is -0.369 e. The second-order valence-electron chi connectivity index (χ2n) is 4.38. The van der Waals surface area contributed by atoms with E-state index in [1.165, 1.54) is 11.5 Å². The van der Waals surface area contributed by atoms with Gasteiger partial charge in [0.1, 0.15) is 10.0 Å². The van der Waals surface area contributed by atoms with E-state index < -0.39 is 5.41 Å². The summed E-state index contributed by atoms with van der Waals surface area (Å²) < 4.78 is 4.39. The average molecular weight is 261 g/mol. The van der Waals surface area contributed by atoms with Crippen molar-refractivity contribution in [2.75, 3.05) is 13.1 Å². The number of hydrogen-bond acceptors (Lipinski definition) is 5. The van der Waals surface area contributed by atoms with Gasteiger partial charge >= 0.3 is 0 Å². The van der Waals surface area contributed by atoms with Gasteiger partial charge in [-0.25, -0.2) is 0 Å². The van der Waals surface area contributed by atoms with Gasteiger partial charge in [0.05, 0.1) is 5.41 Å². The highest BCUT2D eigenvalue weighted by molar-refractivity contribution is 7.10. The third-order valence-electron chi connectivity index (χ3n) is 3.03. The van der Waals surface area contributed by atoms with Crippen LogP contribution < -0.4 is 5.73 Å². The van der Waals surface area contributed by atoms with Crippen LogP contribution in [0.2, 0.25) is 4.34 Å². The first-order valence-corrected chi connectivity index (χ1v) is 6.15. The number of carbonyl (C=O) groups is 1. The van der Waals surface area contributed by atoms with E-state index in [4.69, 9.17) is 17.3 Å². The summed E-state index contributed by atoms with van der Waals surface area (Å²) in [6.45, 7) is 4.04. The topological polar surface area (TPSA) is 72.1 Å². The Kier molecular flexibility index (Phi) is 3.14. The Hall–Kier alpha value is -0.720. The Morgan fingerprint density at radius 1 is 1.75 bits per heavy atom. The molecule has 1 aromatic heterocycles. The number of nitrogens with zero attached hydrogens (tertiary/aromatic N) is 3. The molecule has 1 fully saturated rings. The van der Waals surface area contributed by atoms with E-state index >= 15 is 0 Å². The van der Waals surface area contributed by atoms with E-state index in [-0.39, 0.29) is 5.91 Å². The van der Waals surface area contributed by atoms with Crippen molar-refractivity contribution in [3.63, 3.8) is 0 Å². The minimum absolute atomic E-state index is 0.238. The summed E-state index contributed by atoms with van der Waals surface area (Å²) in [5.41, 5.74) is 5.74. The first-order valence-electron chi connectivity index (χ1n) is 5.00. The molecule has 1 amide bonds. The lowest BCUT2D eigenvalue weighted by molar-refractivity contribution is -0.126. The molecule has 88 valence electrons. The molecule has 5 nitrogen and oxygen atoms in total. The first-order chi connectivity index (χ1) is 7.51. The Balaban J connectivity index is 2.00. The summed E-state index contributed by atoms with van der Waals surface area (Å²) in [6, 6.07) is 0. The zero-order chi connectivity index (χ0) is 11.8. The molecule has 0 aliphatic carbocycles. The molecule has 1 atom stereocenters. The number of primary amides is 1. The molecular formula is C9H13ClN4OS. The molecule has 7 heteroatoms. The summed E-state index contributed by atoms with van der Waals surface area (Å²) >= 11 is 7.11. The van der Waals surface area contributed by atoms with E-state index in [1.54, 1.807) is 0 Å². The Labute approximate surface area is 103 Å². The van der Waals surface area contributed by atoms with Crippen molar-refractivity contribution in [2.45, 2.75) is 19.9 Å². The summed E-state index contributed by atoms with van der Waals surface area (Å²) in [7, 11) is 0. The lowest BCUT2D eigenvalue weighted by atomic mass is 9.89. The van der Waals surface area contributed by atoms with Gasteiger partial charge in [-0.15, -0.1) is 5.10 Å². The highest BCUT2D eigenvalue weighted by atomic mass is 35.5. The van der Waals surface area contributed by atoms with E-state index in [2.05, 4.69) is 14.5 Å². The third kappa shape index (κ3) is 2.18. The Morgan fingerprint density at radius 3 is 3.00 bits per heavy atom. The van der Waals surface area contributed by atoms with Crippen LogP contribution in [-0.2, 0) is 11.3 Å². The predicted octanol–water partition coefficient (Wildman–Crippen LogP) is 0.889. The van der Waals surface area contributed by atoms with Gasteiger partial charge in [0.2, 0.25) is 5.91 Å². The quantitative estimate of drug-likeness (QED) is 0.876. The molecule has 0 bridgehead atoms. The van der Waals surface area contributed by atoms with Crippen molar-refractivity contribution in [2.24, 2.45) is 11.1 Å². The molecule has 0 saturated carbocycles. The maximum atomic E-state index is 11.3. The number of likely N-dealkylation sites (tertiary alicyclic amines) is 1. The first kappa shape index (κ1) is 11.8. The van der Waals surface area contributed by atoms with Crippen LogP contribution in [0.1, 0.15) is 19.0 Å². The smallest absolute Gasteiger partial charge is 0.224 e. The number of carbonyl (C=O) groups excluding carboxylic acids is 1. The second-order valence-corrected chi connectivity index (χ2v) is 5.74. The van der Waals surface area contributed by atoms with Crippen LogP contribution in [0, 0.1) is 5.41 Å². The van der Waals surface area contributed by atoms with Crippen LogP contribution in [0.4, 0.5) is 0 Å². The van der Waals surface area contributed by atoms with E-state index in [1.807, 2.05) is 6.92 Å². The van der Waals surface area contributed by atoms with Gasteiger partial charge in [-0.2, -0.15) is 0 Å². The molecule has 0 spiro atoms. The molecule has 1 aliphatic rings. The summed E-state index contributed by atoms with van der Waals surface area (Å²) in [6.07, 6.45) is 0.789. The molecule has 0 radical (unpaired) electrons. The van der Waals surface area contributed by atoms with Gasteiger partial charge in [-0.05, 0) is 19.9 Å². The van der Waals surface area contributed by atoms with Gasteiger partial charge in [-0.3, -0.25) is 9.69 Å². The lowest BCUT2D eigenvalue weighted by Crippen LogP contribution is -2.37. The van der Waals surface area contributed by atoms with E-state index in [0.29, 0.717) is 17.4 Å². The third-order valence-corrected chi connectivity index (χ3v) is 4.01. The Morgan fingerprint density at radius 2 is 2.50 bits per heavy atom. The van der Waals surface area contributed by atoms with Crippen molar-refractivity contribution in [3.8, 4) is 0 Å². The number of rotatable bonds is 3. The number of nitrogens with two attached hydrogens (primary N) is 1. The number of aromatic nitrogens is 2. The number of hydrogen-bond donors (Lipinski definition) is 1. The molecule has 1 unspecified atom stereocenters. The predicted molar refractivity (Wildman–Crippen MR) is 62.1 cm³/mol. The fourth-order valence-corrected chi connectivity index (χ4v) is 2.51. The Bertz CT molecular complexity index is 410. The fourth-order valence-electron chi connectivity index (χ4n) is 1.90. The molecule has 2 rings (SSSR count). The van der Waals surface area contributed by atoms with Gasteiger partial charge in [-0.1, -0.05) is 16.1 Å². The lowest BCUT2D eigenvalue weighted by Gasteiger charge is -2.20. The number of amides is 1. The molecule has 2 heterocycles. The van der Waals surface area contributed by atoms with Gasteiger partial charge in [0.25, 0.3) is 0 Å². The maximum absolute atomic E-state index is 11.3. The molecular weight excluding hydrogens is 248 g/mol. The SMILES string of the molecule is CC1(C(N)=O)CCN(Cc2nnsc2Cl)C1. The maximum Gasteiger partial charge on any atom is 0.224 e. The fraction of sp³-hybridized carbons (Fsp3) is 0.667. The summed E-state index contributed by atoms with van der Waals surface area (Å²) in [5, 5.41) is 3.95. The molecule has 2 N–H and O–H groups in total. The van der Waals surface area contributed by atoms with Gasteiger partial charge in [0, 0.05) is 24.6 Å². The molecule has 1 saturated heterocycles. The normalized spacial score (nSPS) is 26.1. The van der Waals surface area contributed by atoms with Crippen LogP contribution in [-0.4, -0.2) is 33.5 Å². The summed E-state index contributed by atoms with van der Waals surface area (Å²) in [5.74, 6) is -0.238. The van der Waals surface area contributed by atoms with Crippen molar-refractivity contribution >= 4 is 29.0 Å². The van der Waals surface area contributed by atoms with Crippen LogP contribution in [0.25, 0.3) is 0 Å². The van der Waals surface area contributed by atoms with E-state index in [9.17, 15) is 4.79 Å². The highest BCUT2D eigenvalue weighted by Crippen LogP contribution is 2.31. The van der Waals surface area contributed by atoms with Crippen LogP contribution in [0.3, 0.4) is 0 Å². The van der Waals surface area contributed by atoms with Crippen molar-refractivity contribution in [3.05, 3.63) is 10.0 Å². The monoisotopic (exact) mass is 260 g/mol. The van der Waals surface area contributed by atoms with Crippen molar-refractivity contribution in [1.29, 1.82) is 0 Å². The van der Waals surface area contributed by atoms with Crippen molar-refractivity contribution in [1.82, 2.24) is 14.5 Å². The van der Waals surface area contributed by atoms with Crippen LogP contribution in [0.15, 0.2) is 0 Å². The zero-order valence-corrected chi connectivity index (χ0v) is 10.5. The zero-order valence-electron chi connectivity index (χ0n) is 8.94. The van der Waals surface area contributed by atoms with Gasteiger partial charge < -0.3 is 5.73 Å². The molecule has 0 aromatic carbocycles. The minimum atomic E-state index is -0.421.